The van der Waals surface area contributed by atoms with Crippen LogP contribution in [0.4, 0.5) is 19.0 Å². The molecule has 2 heterocycles. The molecule has 3 rings (SSSR count). The molecule has 23 heavy (non-hydrogen) atoms. The third-order valence-electron chi connectivity index (χ3n) is 4.21. The third-order valence-corrected chi connectivity index (χ3v) is 4.86. The quantitative estimate of drug-likeness (QED) is 0.779. The van der Waals surface area contributed by atoms with Crippen LogP contribution < -0.4 is 4.90 Å². The van der Waals surface area contributed by atoms with E-state index in [9.17, 15) is 13.2 Å². The van der Waals surface area contributed by atoms with E-state index >= 15 is 0 Å². The molecule has 0 atom stereocenters. The molecule has 0 bridgehead atoms. The molecular formula is C16H18F3N3S. The molecule has 1 fully saturated rings. The molecule has 1 aromatic carbocycles. The molecule has 1 aromatic heterocycles. The zero-order valence-corrected chi connectivity index (χ0v) is 13.8. The van der Waals surface area contributed by atoms with Crippen LogP contribution in [0.15, 0.2) is 23.5 Å². The van der Waals surface area contributed by atoms with Crippen LogP contribution in [0.3, 0.4) is 0 Å². The van der Waals surface area contributed by atoms with Crippen molar-refractivity contribution in [2.75, 3.05) is 24.2 Å². The Kier molecular flexibility index (Phi) is 4.57. The highest BCUT2D eigenvalue weighted by Crippen LogP contribution is 2.32. The molecule has 1 aliphatic rings. The first-order valence-electron chi connectivity index (χ1n) is 7.53. The van der Waals surface area contributed by atoms with Gasteiger partial charge >= 0.3 is 0 Å². The van der Waals surface area contributed by atoms with Crippen LogP contribution in [-0.4, -0.2) is 28.9 Å². The van der Waals surface area contributed by atoms with Gasteiger partial charge in [0, 0.05) is 25.2 Å². The molecule has 0 aliphatic carbocycles. The SMILES string of the molecule is CSc1ncc(N2CCC(C)CC2)n1-c1c(F)cc(F)cc1F. The summed E-state index contributed by atoms with van der Waals surface area (Å²) in [4.78, 5) is 6.35. The Morgan fingerprint density at radius 1 is 1.13 bits per heavy atom. The lowest BCUT2D eigenvalue weighted by molar-refractivity contribution is 0.434. The summed E-state index contributed by atoms with van der Waals surface area (Å²) in [6.07, 6.45) is 5.46. The standard InChI is InChI=1S/C16H18F3N3S/c1-10-3-5-21(6-4-10)14-9-20-16(23-2)22(14)15-12(18)7-11(17)8-13(15)19/h7-10H,3-6H2,1-2H3. The molecule has 0 amide bonds. The summed E-state index contributed by atoms with van der Waals surface area (Å²) in [6.45, 7) is 3.82. The average Bonchev–Trinajstić information content (AvgIpc) is 2.91. The number of anilines is 1. The van der Waals surface area contributed by atoms with Crippen LogP contribution >= 0.6 is 11.8 Å². The highest BCUT2D eigenvalue weighted by molar-refractivity contribution is 7.98. The van der Waals surface area contributed by atoms with E-state index in [1.165, 1.54) is 16.3 Å². The number of imidazole rings is 1. The minimum absolute atomic E-state index is 0.276. The van der Waals surface area contributed by atoms with Gasteiger partial charge < -0.3 is 4.90 Å². The maximum absolute atomic E-state index is 14.2. The predicted molar refractivity (Wildman–Crippen MR) is 85.8 cm³/mol. The summed E-state index contributed by atoms with van der Waals surface area (Å²) in [7, 11) is 0. The Labute approximate surface area is 137 Å². The lowest BCUT2D eigenvalue weighted by atomic mass is 9.99. The van der Waals surface area contributed by atoms with Crippen molar-refractivity contribution in [2.24, 2.45) is 5.92 Å². The van der Waals surface area contributed by atoms with Crippen molar-refractivity contribution in [3.05, 3.63) is 35.8 Å². The molecule has 1 aliphatic heterocycles. The molecule has 124 valence electrons. The second kappa shape index (κ2) is 6.47. The number of hydrogen-bond donors (Lipinski definition) is 0. The molecule has 3 nitrogen and oxygen atoms in total. The van der Waals surface area contributed by atoms with Crippen LogP contribution in [0.1, 0.15) is 19.8 Å². The van der Waals surface area contributed by atoms with E-state index in [1.807, 2.05) is 0 Å². The van der Waals surface area contributed by atoms with E-state index in [0.717, 1.165) is 25.9 Å². The summed E-state index contributed by atoms with van der Waals surface area (Å²) in [5.74, 6) is -1.50. The van der Waals surface area contributed by atoms with Crippen molar-refractivity contribution in [3.63, 3.8) is 0 Å². The number of halogens is 3. The largest absolute Gasteiger partial charge is 0.356 e. The van der Waals surface area contributed by atoms with Crippen LogP contribution in [0.5, 0.6) is 0 Å². The van der Waals surface area contributed by atoms with E-state index in [2.05, 4.69) is 16.8 Å². The van der Waals surface area contributed by atoms with Crippen molar-refractivity contribution < 1.29 is 13.2 Å². The molecule has 1 saturated heterocycles. The Morgan fingerprint density at radius 2 is 1.74 bits per heavy atom. The number of aromatic nitrogens is 2. The summed E-state index contributed by atoms with van der Waals surface area (Å²) >= 11 is 1.30. The van der Waals surface area contributed by atoms with E-state index in [0.29, 0.717) is 29.0 Å². The maximum Gasteiger partial charge on any atom is 0.174 e. The normalized spacial score (nSPS) is 16.1. The van der Waals surface area contributed by atoms with Gasteiger partial charge in [0.1, 0.15) is 17.3 Å². The summed E-state index contributed by atoms with van der Waals surface area (Å²) < 4.78 is 43.1. The van der Waals surface area contributed by atoms with Crippen LogP contribution in [0, 0.1) is 23.4 Å². The van der Waals surface area contributed by atoms with Gasteiger partial charge in [-0.25, -0.2) is 18.2 Å². The number of thioether (sulfide) groups is 1. The topological polar surface area (TPSA) is 21.1 Å². The lowest BCUT2D eigenvalue weighted by Crippen LogP contribution is -2.34. The van der Waals surface area contributed by atoms with Gasteiger partial charge in [-0.05, 0) is 25.0 Å². The highest BCUT2D eigenvalue weighted by atomic mass is 32.2. The first-order valence-corrected chi connectivity index (χ1v) is 8.75. The van der Waals surface area contributed by atoms with Crippen molar-refractivity contribution in [3.8, 4) is 5.69 Å². The zero-order valence-electron chi connectivity index (χ0n) is 13.0. The fourth-order valence-electron chi connectivity index (χ4n) is 2.89. The molecular weight excluding hydrogens is 323 g/mol. The lowest BCUT2D eigenvalue weighted by Gasteiger charge is -2.32. The monoisotopic (exact) mass is 341 g/mol. The van der Waals surface area contributed by atoms with Crippen molar-refractivity contribution >= 4 is 17.6 Å². The Morgan fingerprint density at radius 3 is 2.30 bits per heavy atom. The van der Waals surface area contributed by atoms with E-state index < -0.39 is 17.5 Å². The number of benzene rings is 1. The molecule has 0 saturated carbocycles. The summed E-state index contributed by atoms with van der Waals surface area (Å²) in [5, 5.41) is 0.475. The Balaban J connectivity index is 2.10. The van der Waals surface area contributed by atoms with Crippen LogP contribution in [-0.2, 0) is 0 Å². The number of nitrogens with zero attached hydrogens (tertiary/aromatic N) is 3. The fraction of sp³-hybridized carbons (Fsp3) is 0.438. The van der Waals surface area contributed by atoms with E-state index in [1.54, 1.807) is 12.5 Å². The van der Waals surface area contributed by atoms with Gasteiger partial charge in [0.15, 0.2) is 16.8 Å². The first kappa shape index (κ1) is 16.2. The van der Waals surface area contributed by atoms with Crippen LogP contribution in [0.2, 0.25) is 0 Å². The van der Waals surface area contributed by atoms with Crippen LogP contribution in [0.25, 0.3) is 5.69 Å². The second-order valence-corrected chi connectivity index (χ2v) is 6.60. The van der Waals surface area contributed by atoms with Gasteiger partial charge in [0.05, 0.1) is 6.20 Å². The molecule has 0 unspecified atom stereocenters. The van der Waals surface area contributed by atoms with Crippen molar-refractivity contribution in [1.82, 2.24) is 9.55 Å². The Hall–Kier alpha value is -1.63. The van der Waals surface area contributed by atoms with Gasteiger partial charge in [-0.1, -0.05) is 18.7 Å². The number of hydrogen-bond acceptors (Lipinski definition) is 3. The highest BCUT2D eigenvalue weighted by Gasteiger charge is 2.25. The predicted octanol–water partition coefficient (Wildman–Crippen LogP) is 4.25. The maximum atomic E-state index is 14.2. The summed E-state index contributed by atoms with van der Waals surface area (Å²) in [5.41, 5.74) is -0.276. The second-order valence-electron chi connectivity index (χ2n) is 5.83. The van der Waals surface area contributed by atoms with Crippen molar-refractivity contribution in [1.29, 1.82) is 0 Å². The summed E-state index contributed by atoms with van der Waals surface area (Å²) in [6, 6.07) is 1.40. The van der Waals surface area contributed by atoms with Crippen molar-refractivity contribution in [2.45, 2.75) is 24.9 Å². The van der Waals surface area contributed by atoms with Gasteiger partial charge in [-0.15, -0.1) is 0 Å². The number of rotatable bonds is 3. The van der Waals surface area contributed by atoms with E-state index in [4.69, 9.17) is 0 Å². The zero-order chi connectivity index (χ0) is 16.6. The smallest absolute Gasteiger partial charge is 0.174 e. The molecule has 0 radical (unpaired) electrons. The molecule has 7 heteroatoms. The molecule has 0 spiro atoms. The molecule has 2 aromatic rings. The van der Waals surface area contributed by atoms with Gasteiger partial charge in [-0.2, -0.15) is 0 Å². The third kappa shape index (κ3) is 3.06. The minimum atomic E-state index is -0.928. The average molecular weight is 341 g/mol. The fourth-order valence-corrected chi connectivity index (χ4v) is 3.42. The minimum Gasteiger partial charge on any atom is -0.356 e. The number of piperidine rings is 1. The van der Waals surface area contributed by atoms with Gasteiger partial charge in [0.25, 0.3) is 0 Å². The first-order chi connectivity index (χ1) is 11.0. The molecule has 0 N–H and O–H groups in total. The Bertz CT molecular complexity index is 686. The van der Waals surface area contributed by atoms with Gasteiger partial charge in [-0.3, -0.25) is 4.57 Å². The van der Waals surface area contributed by atoms with Gasteiger partial charge in [0.2, 0.25) is 0 Å². The van der Waals surface area contributed by atoms with E-state index in [-0.39, 0.29) is 5.69 Å².